The second kappa shape index (κ2) is 9.66. The summed E-state index contributed by atoms with van der Waals surface area (Å²) in [4.78, 5) is 16.4. The van der Waals surface area contributed by atoms with Crippen LogP contribution in [-0.2, 0) is 19.1 Å². The van der Waals surface area contributed by atoms with Crippen molar-refractivity contribution in [2.24, 2.45) is 0 Å². The summed E-state index contributed by atoms with van der Waals surface area (Å²) >= 11 is 6.06. The van der Waals surface area contributed by atoms with Crippen molar-refractivity contribution in [3.63, 3.8) is 0 Å². The highest BCUT2D eigenvalue weighted by Crippen LogP contribution is 2.43. The number of hydrogen-bond acceptors (Lipinski definition) is 7. The molecule has 2 atom stereocenters. The summed E-state index contributed by atoms with van der Waals surface area (Å²) < 4.78 is 48.3. The lowest BCUT2D eigenvalue weighted by Crippen LogP contribution is -2.52. The number of fused-ring (bicyclic) bond motifs is 4. The monoisotopic (exact) mass is 562 g/mol. The van der Waals surface area contributed by atoms with E-state index in [-0.39, 0.29) is 22.8 Å². The fraction of sp³-hybridized carbons (Fsp3) is 0.643. The van der Waals surface area contributed by atoms with Gasteiger partial charge in [0.05, 0.1) is 34.1 Å². The molecule has 1 N–H and O–H groups in total. The highest BCUT2D eigenvalue weighted by atomic mass is 35.5. The molecule has 0 amide bonds. The molecule has 39 heavy (non-hydrogen) atoms. The molecule has 4 fully saturated rings. The summed E-state index contributed by atoms with van der Waals surface area (Å²) in [5.74, 6) is 0.891. The molecule has 4 saturated heterocycles. The van der Waals surface area contributed by atoms with Crippen LogP contribution in [0.25, 0.3) is 0 Å². The first-order chi connectivity index (χ1) is 18.8. The van der Waals surface area contributed by atoms with Crippen molar-refractivity contribution in [2.75, 3.05) is 49.1 Å². The Balaban J connectivity index is 1.22. The molecule has 0 radical (unpaired) electrons. The average molecular weight is 563 g/mol. The van der Waals surface area contributed by atoms with Gasteiger partial charge in [-0.25, -0.2) is 0 Å². The molecule has 2 aromatic rings. The van der Waals surface area contributed by atoms with Crippen molar-refractivity contribution >= 4 is 23.1 Å². The van der Waals surface area contributed by atoms with Gasteiger partial charge in [0.1, 0.15) is 12.4 Å². The third-order valence-corrected chi connectivity index (χ3v) is 9.75. The van der Waals surface area contributed by atoms with Crippen molar-refractivity contribution in [1.82, 2.24) is 20.2 Å². The molecule has 11 heteroatoms. The van der Waals surface area contributed by atoms with Gasteiger partial charge in [-0.1, -0.05) is 17.7 Å². The van der Waals surface area contributed by atoms with Gasteiger partial charge >= 0.3 is 12.2 Å². The largest absolute Gasteiger partial charge is 0.461 e. The molecule has 1 aromatic heterocycles. The van der Waals surface area contributed by atoms with E-state index >= 15 is 0 Å². The Kier molecular flexibility index (Phi) is 6.36. The first kappa shape index (κ1) is 25.7. The zero-order chi connectivity index (χ0) is 26.8. The predicted octanol–water partition coefficient (Wildman–Crippen LogP) is 4.66. The lowest BCUT2D eigenvalue weighted by atomic mass is 9.95. The van der Waals surface area contributed by atoms with Crippen LogP contribution in [0.5, 0.6) is 6.01 Å². The van der Waals surface area contributed by atoms with Gasteiger partial charge in [-0.05, 0) is 70.2 Å². The highest BCUT2D eigenvalue weighted by molar-refractivity contribution is 6.31. The van der Waals surface area contributed by atoms with Crippen molar-refractivity contribution < 1.29 is 17.9 Å². The number of benzene rings is 1. The van der Waals surface area contributed by atoms with E-state index in [1.54, 1.807) is 11.0 Å². The molecule has 7 rings (SSSR count). The molecule has 6 heterocycles. The third kappa shape index (κ3) is 4.62. The summed E-state index contributed by atoms with van der Waals surface area (Å²) in [7, 11) is 0. The van der Waals surface area contributed by atoms with E-state index in [2.05, 4.69) is 15.1 Å². The van der Waals surface area contributed by atoms with Crippen molar-refractivity contribution in [3.05, 3.63) is 40.0 Å². The van der Waals surface area contributed by atoms with E-state index in [1.807, 2.05) is 0 Å². The van der Waals surface area contributed by atoms with E-state index in [9.17, 15) is 13.2 Å². The molecule has 0 aliphatic carbocycles. The minimum Gasteiger partial charge on any atom is -0.461 e. The van der Waals surface area contributed by atoms with E-state index < -0.39 is 11.7 Å². The molecule has 5 aliphatic rings. The predicted molar refractivity (Wildman–Crippen MR) is 144 cm³/mol. The second-order valence-electron chi connectivity index (χ2n) is 11.8. The number of halogens is 4. The van der Waals surface area contributed by atoms with Crippen molar-refractivity contribution in [3.8, 4) is 6.01 Å². The van der Waals surface area contributed by atoms with Crippen LogP contribution in [0.4, 0.5) is 24.7 Å². The van der Waals surface area contributed by atoms with Crippen LogP contribution in [0, 0.1) is 0 Å². The van der Waals surface area contributed by atoms with Gasteiger partial charge in [0, 0.05) is 37.3 Å². The quantitative estimate of drug-likeness (QED) is 0.569. The first-order valence-corrected chi connectivity index (χ1v) is 14.6. The number of nitrogens with zero attached hydrogens (tertiary/aromatic N) is 5. The normalized spacial score (nSPS) is 26.2. The maximum atomic E-state index is 14.0. The maximum absolute atomic E-state index is 14.0. The SMILES string of the molecule is FC(F)(F)c1c(Cl)cccc1N1CCc2c(nc(OCC34CCCN3CCC4)nc2N2CC3CCC(C2)N3)C1. The highest BCUT2D eigenvalue weighted by Gasteiger charge is 2.45. The van der Waals surface area contributed by atoms with E-state index in [0.29, 0.717) is 37.7 Å². The Morgan fingerprint density at radius 2 is 1.77 bits per heavy atom. The molecule has 0 spiro atoms. The first-order valence-electron chi connectivity index (χ1n) is 14.2. The smallest absolute Gasteiger partial charge is 0.419 e. The molecule has 1 aromatic carbocycles. The van der Waals surface area contributed by atoms with Crippen LogP contribution in [0.1, 0.15) is 55.3 Å². The number of anilines is 2. The van der Waals surface area contributed by atoms with E-state index in [1.165, 1.54) is 25.0 Å². The Bertz CT molecular complexity index is 1240. The van der Waals surface area contributed by atoms with Crippen LogP contribution in [0.3, 0.4) is 0 Å². The Hall–Kier alpha value is -2.30. The van der Waals surface area contributed by atoms with Gasteiger partial charge in [0.2, 0.25) is 0 Å². The standard InChI is InChI=1S/C28H34ClF3N6O/c29-21-4-1-5-23(24(21)28(30,31)32)36-13-8-20-22(16-36)34-26(39-17-27-9-2-11-38(27)12-3-10-27)35-25(20)37-14-18-6-7-19(15-37)33-18/h1,4-5,18-19,33H,2-3,6-17H2. The maximum Gasteiger partial charge on any atom is 0.419 e. The fourth-order valence-corrected chi connectivity index (χ4v) is 7.88. The number of alkyl halides is 3. The lowest BCUT2D eigenvalue weighted by Gasteiger charge is -2.38. The molecular weight excluding hydrogens is 529 g/mol. The van der Waals surface area contributed by atoms with Crippen LogP contribution < -0.4 is 19.9 Å². The summed E-state index contributed by atoms with van der Waals surface area (Å²) in [5.41, 5.74) is 1.13. The molecule has 2 bridgehead atoms. The molecule has 5 aliphatic heterocycles. The zero-order valence-corrected chi connectivity index (χ0v) is 22.7. The summed E-state index contributed by atoms with van der Waals surface area (Å²) in [5, 5.41) is 3.39. The van der Waals surface area contributed by atoms with Gasteiger partial charge in [-0.3, -0.25) is 4.90 Å². The van der Waals surface area contributed by atoms with Crippen molar-refractivity contribution in [1.29, 1.82) is 0 Å². The van der Waals surface area contributed by atoms with E-state index in [0.717, 1.165) is 68.9 Å². The minimum absolute atomic E-state index is 0.0576. The van der Waals surface area contributed by atoms with Gasteiger partial charge in [0.15, 0.2) is 0 Å². The molecular formula is C28H34ClF3N6O. The second-order valence-corrected chi connectivity index (χ2v) is 12.2. The number of rotatable bonds is 5. The number of aromatic nitrogens is 2. The topological polar surface area (TPSA) is 56.8 Å². The van der Waals surface area contributed by atoms with Gasteiger partial charge in [-0.15, -0.1) is 0 Å². The Morgan fingerprint density at radius 3 is 2.49 bits per heavy atom. The van der Waals surface area contributed by atoms with Crippen LogP contribution in [0.2, 0.25) is 5.02 Å². The molecule has 0 saturated carbocycles. The number of nitrogens with one attached hydrogen (secondary N) is 1. The Labute approximate surface area is 231 Å². The summed E-state index contributed by atoms with van der Waals surface area (Å²) in [6.45, 7) is 5.19. The molecule has 2 unspecified atom stereocenters. The molecule has 7 nitrogen and oxygen atoms in total. The van der Waals surface area contributed by atoms with Crippen LogP contribution in [0.15, 0.2) is 18.2 Å². The van der Waals surface area contributed by atoms with Crippen LogP contribution >= 0.6 is 11.6 Å². The van der Waals surface area contributed by atoms with Crippen LogP contribution in [-0.4, -0.2) is 71.8 Å². The molecule has 210 valence electrons. The Morgan fingerprint density at radius 1 is 1.03 bits per heavy atom. The third-order valence-electron chi connectivity index (χ3n) is 9.44. The minimum atomic E-state index is -4.55. The number of piperazine rings is 1. The van der Waals surface area contributed by atoms with Crippen molar-refractivity contribution in [2.45, 2.75) is 75.3 Å². The lowest BCUT2D eigenvalue weighted by molar-refractivity contribution is -0.137. The summed E-state index contributed by atoms with van der Waals surface area (Å²) in [6.07, 6.45) is 2.92. The number of ether oxygens (including phenoxy) is 1. The average Bonchev–Trinajstić information content (AvgIpc) is 3.59. The van der Waals surface area contributed by atoms with Gasteiger partial charge in [-0.2, -0.15) is 23.1 Å². The van der Waals surface area contributed by atoms with Gasteiger partial charge in [0.25, 0.3) is 0 Å². The zero-order valence-electron chi connectivity index (χ0n) is 21.9. The van der Waals surface area contributed by atoms with E-state index in [4.69, 9.17) is 26.3 Å². The van der Waals surface area contributed by atoms with Gasteiger partial charge < -0.3 is 19.9 Å². The summed E-state index contributed by atoms with van der Waals surface area (Å²) in [6, 6.07) is 5.58. The fourth-order valence-electron chi connectivity index (χ4n) is 7.61. The number of hydrogen-bond donors (Lipinski definition) is 1.